The number of rotatable bonds is 4. The van der Waals surface area contributed by atoms with E-state index in [1.54, 1.807) is 18.6 Å². The smallest absolute Gasteiger partial charge is 0.273 e. The standard InChI is InChI=1S/C22H22FN7O/c1-12-3-16(21-27-8-15(23)9-28-21)20(26-6-12)22(31)30-11-14-4-17(18(30)5-14)29-19-10-24-13(2)7-25-19/h3,6-10,14,17-18H,4-5,11H2,1-2H3,(H,25,29). The van der Waals surface area contributed by atoms with Crippen molar-refractivity contribution < 1.29 is 9.18 Å². The maximum absolute atomic E-state index is 13.5. The Balaban J connectivity index is 1.41. The third-order valence-corrected chi connectivity index (χ3v) is 5.95. The topological polar surface area (TPSA) is 96.8 Å². The van der Waals surface area contributed by atoms with Crippen molar-refractivity contribution >= 4 is 11.7 Å². The highest BCUT2D eigenvalue weighted by Gasteiger charge is 2.47. The van der Waals surface area contributed by atoms with Gasteiger partial charge in [-0.05, 0) is 44.2 Å². The fraction of sp³-hybridized carbons (Fsp3) is 0.364. The molecule has 31 heavy (non-hydrogen) atoms. The van der Waals surface area contributed by atoms with Gasteiger partial charge in [0, 0.05) is 18.8 Å². The van der Waals surface area contributed by atoms with Crippen molar-refractivity contribution in [3.8, 4) is 11.4 Å². The van der Waals surface area contributed by atoms with Gasteiger partial charge in [-0.25, -0.2) is 19.3 Å². The van der Waals surface area contributed by atoms with Crippen LogP contribution in [0.4, 0.5) is 10.2 Å². The number of aromatic nitrogens is 5. The lowest BCUT2D eigenvalue weighted by molar-refractivity contribution is 0.0687. The average Bonchev–Trinajstić information content (AvgIpc) is 3.36. The third-order valence-electron chi connectivity index (χ3n) is 5.95. The fourth-order valence-corrected chi connectivity index (χ4v) is 4.57. The van der Waals surface area contributed by atoms with E-state index in [2.05, 4.69) is 30.2 Å². The predicted octanol–water partition coefficient (Wildman–Crippen LogP) is 2.80. The average molecular weight is 419 g/mol. The summed E-state index contributed by atoms with van der Waals surface area (Å²) >= 11 is 0. The van der Waals surface area contributed by atoms with E-state index in [1.807, 2.05) is 24.8 Å². The molecule has 3 unspecified atom stereocenters. The molecule has 2 bridgehead atoms. The van der Waals surface area contributed by atoms with E-state index in [9.17, 15) is 9.18 Å². The monoisotopic (exact) mass is 419 g/mol. The molecule has 1 saturated carbocycles. The van der Waals surface area contributed by atoms with Crippen LogP contribution in [0.2, 0.25) is 0 Å². The van der Waals surface area contributed by atoms with Crippen molar-refractivity contribution in [1.82, 2.24) is 29.8 Å². The van der Waals surface area contributed by atoms with Gasteiger partial charge < -0.3 is 10.2 Å². The van der Waals surface area contributed by atoms with Crippen LogP contribution in [-0.2, 0) is 0 Å². The third kappa shape index (κ3) is 3.71. The van der Waals surface area contributed by atoms with E-state index >= 15 is 0 Å². The SMILES string of the molecule is Cc1cnc(C(=O)N2CC3CC(Nc4cnc(C)cn4)C2C3)c(-c2ncc(F)cn2)c1. The number of nitrogens with one attached hydrogen (secondary N) is 1. The van der Waals surface area contributed by atoms with Crippen LogP contribution in [0.1, 0.15) is 34.6 Å². The quantitative estimate of drug-likeness (QED) is 0.694. The number of anilines is 1. The summed E-state index contributed by atoms with van der Waals surface area (Å²) in [6, 6.07) is 1.97. The Bertz CT molecular complexity index is 1120. The molecule has 1 saturated heterocycles. The van der Waals surface area contributed by atoms with E-state index < -0.39 is 5.82 Å². The highest BCUT2D eigenvalue weighted by atomic mass is 19.1. The minimum atomic E-state index is -0.526. The molecule has 158 valence electrons. The van der Waals surface area contributed by atoms with Gasteiger partial charge in [0.15, 0.2) is 11.6 Å². The first kappa shape index (κ1) is 19.5. The van der Waals surface area contributed by atoms with Crippen molar-refractivity contribution in [2.24, 2.45) is 5.92 Å². The Morgan fingerprint density at radius 2 is 1.84 bits per heavy atom. The largest absolute Gasteiger partial charge is 0.364 e. The predicted molar refractivity (Wildman–Crippen MR) is 112 cm³/mol. The van der Waals surface area contributed by atoms with Crippen LogP contribution >= 0.6 is 0 Å². The molecule has 1 aliphatic carbocycles. The zero-order valence-electron chi connectivity index (χ0n) is 17.3. The molecule has 9 heteroatoms. The van der Waals surface area contributed by atoms with Gasteiger partial charge >= 0.3 is 0 Å². The number of amides is 1. The Labute approximate surface area is 179 Å². The number of carbonyl (C=O) groups is 1. The zero-order valence-corrected chi connectivity index (χ0v) is 17.3. The number of fused-ring (bicyclic) bond motifs is 2. The van der Waals surface area contributed by atoms with Gasteiger partial charge in [-0.1, -0.05) is 0 Å². The summed E-state index contributed by atoms with van der Waals surface area (Å²) in [4.78, 5) is 36.6. The first-order chi connectivity index (χ1) is 15.0. The molecule has 1 aliphatic heterocycles. The number of pyridine rings is 1. The minimum absolute atomic E-state index is 0.0469. The van der Waals surface area contributed by atoms with Crippen LogP contribution < -0.4 is 5.32 Å². The van der Waals surface area contributed by atoms with Crippen LogP contribution in [0.25, 0.3) is 11.4 Å². The molecule has 2 fully saturated rings. The summed E-state index contributed by atoms with van der Waals surface area (Å²) < 4.78 is 13.3. The Kier molecular flexibility index (Phi) is 4.80. The van der Waals surface area contributed by atoms with Crippen LogP contribution in [0.3, 0.4) is 0 Å². The first-order valence-electron chi connectivity index (χ1n) is 10.3. The minimum Gasteiger partial charge on any atom is -0.364 e. The lowest BCUT2D eigenvalue weighted by Crippen LogP contribution is -2.48. The highest BCUT2D eigenvalue weighted by Crippen LogP contribution is 2.40. The lowest BCUT2D eigenvalue weighted by atomic mass is 10.0. The Morgan fingerprint density at radius 3 is 2.55 bits per heavy atom. The molecule has 0 aromatic carbocycles. The van der Waals surface area contributed by atoms with E-state index in [0.29, 0.717) is 29.5 Å². The fourth-order valence-electron chi connectivity index (χ4n) is 4.57. The van der Waals surface area contributed by atoms with Crippen molar-refractivity contribution in [1.29, 1.82) is 0 Å². The molecule has 8 nitrogen and oxygen atoms in total. The highest BCUT2D eigenvalue weighted by molar-refractivity contribution is 5.98. The van der Waals surface area contributed by atoms with Crippen molar-refractivity contribution in [3.05, 3.63) is 59.8 Å². The molecule has 5 rings (SSSR count). The van der Waals surface area contributed by atoms with Gasteiger partial charge in [-0.3, -0.25) is 14.8 Å². The molecule has 0 spiro atoms. The molecular formula is C22H22FN7O. The number of carbonyl (C=O) groups excluding carboxylic acids is 1. The maximum Gasteiger partial charge on any atom is 0.273 e. The number of halogens is 1. The number of hydrogen-bond acceptors (Lipinski definition) is 7. The van der Waals surface area contributed by atoms with Crippen molar-refractivity contribution in [2.45, 2.75) is 38.8 Å². The molecule has 0 radical (unpaired) electrons. The van der Waals surface area contributed by atoms with Crippen LogP contribution in [-0.4, -0.2) is 54.4 Å². The first-order valence-corrected chi connectivity index (χ1v) is 10.3. The molecule has 3 aromatic heterocycles. The lowest BCUT2D eigenvalue weighted by Gasteiger charge is -2.34. The zero-order chi connectivity index (χ0) is 21.5. The number of aryl methyl sites for hydroxylation is 2. The summed E-state index contributed by atoms with van der Waals surface area (Å²) in [6.45, 7) is 4.47. The summed E-state index contributed by atoms with van der Waals surface area (Å²) in [7, 11) is 0. The molecule has 1 amide bonds. The molecule has 1 N–H and O–H groups in total. The summed E-state index contributed by atoms with van der Waals surface area (Å²) in [6.07, 6.45) is 9.23. The van der Waals surface area contributed by atoms with E-state index in [4.69, 9.17) is 0 Å². The van der Waals surface area contributed by atoms with Crippen LogP contribution in [0.15, 0.2) is 37.1 Å². The molecule has 3 aromatic rings. The number of piperidine rings is 1. The second-order valence-corrected chi connectivity index (χ2v) is 8.29. The Morgan fingerprint density at radius 1 is 1.03 bits per heavy atom. The number of likely N-dealkylation sites (tertiary alicyclic amines) is 1. The summed E-state index contributed by atoms with van der Waals surface area (Å²) in [5.41, 5.74) is 2.54. The van der Waals surface area contributed by atoms with E-state index in [-0.39, 0.29) is 23.8 Å². The van der Waals surface area contributed by atoms with Crippen LogP contribution in [0.5, 0.6) is 0 Å². The van der Waals surface area contributed by atoms with Gasteiger partial charge in [0.2, 0.25) is 0 Å². The number of hydrogen-bond donors (Lipinski definition) is 1. The van der Waals surface area contributed by atoms with Gasteiger partial charge in [-0.15, -0.1) is 0 Å². The molecular weight excluding hydrogens is 397 g/mol. The van der Waals surface area contributed by atoms with Gasteiger partial charge in [-0.2, -0.15) is 0 Å². The number of nitrogens with zero attached hydrogens (tertiary/aromatic N) is 6. The van der Waals surface area contributed by atoms with Gasteiger partial charge in [0.1, 0.15) is 11.5 Å². The second kappa shape index (κ2) is 7.64. The van der Waals surface area contributed by atoms with Crippen LogP contribution in [0, 0.1) is 25.6 Å². The second-order valence-electron chi connectivity index (χ2n) is 8.29. The van der Waals surface area contributed by atoms with Gasteiger partial charge in [0.05, 0.1) is 42.1 Å². The maximum atomic E-state index is 13.5. The van der Waals surface area contributed by atoms with Crippen molar-refractivity contribution in [3.63, 3.8) is 0 Å². The molecule has 2 aliphatic rings. The molecule has 4 heterocycles. The van der Waals surface area contributed by atoms with E-state index in [1.165, 1.54) is 0 Å². The normalized spacial score (nSPS) is 22.0. The summed E-state index contributed by atoms with van der Waals surface area (Å²) in [5, 5.41) is 3.44. The summed E-state index contributed by atoms with van der Waals surface area (Å²) in [5.74, 6) is 0.749. The van der Waals surface area contributed by atoms with Gasteiger partial charge in [0.25, 0.3) is 5.91 Å². The van der Waals surface area contributed by atoms with E-state index in [0.717, 1.165) is 36.5 Å². The van der Waals surface area contributed by atoms with Crippen molar-refractivity contribution in [2.75, 3.05) is 11.9 Å². The molecule has 3 atom stereocenters. The Hall–Kier alpha value is -3.49.